The van der Waals surface area contributed by atoms with Crippen molar-refractivity contribution in [3.63, 3.8) is 0 Å². The molecule has 1 N–H and O–H groups in total. The number of nitrogens with zero attached hydrogens (tertiary/aromatic N) is 4. The van der Waals surface area contributed by atoms with Gasteiger partial charge in [-0.3, -0.25) is 4.98 Å². The Morgan fingerprint density at radius 1 is 1.12 bits per heavy atom. The molecule has 4 aromatic heterocycles. The standard InChI is InChI=1S/C30H29N5O3S3/c1-30(2,3)38-29(36)35-13-10-19(17-35)23-18-40-28(33-23)34-27-24(37-20-7-5-4-6-8-20)15-21(16-32-27)41-25-9-12-31-22-11-14-39-26(22)25/h4-9,11-12,14-16,18-19H,10,13,17H2,1-3H3,(H,32,33,34). The van der Waals surface area contributed by atoms with Crippen molar-refractivity contribution in [1.29, 1.82) is 0 Å². The third-order valence-corrected chi connectivity index (χ3v) is 9.20. The van der Waals surface area contributed by atoms with Gasteiger partial charge in [0.2, 0.25) is 0 Å². The highest BCUT2D eigenvalue weighted by molar-refractivity contribution is 7.99. The van der Waals surface area contributed by atoms with E-state index in [2.05, 4.69) is 15.7 Å². The van der Waals surface area contributed by atoms with E-state index in [1.54, 1.807) is 28.0 Å². The second-order valence-corrected chi connectivity index (χ2v) is 13.5. The van der Waals surface area contributed by atoms with Crippen molar-refractivity contribution in [3.8, 4) is 11.5 Å². The summed E-state index contributed by atoms with van der Waals surface area (Å²) in [6, 6.07) is 15.7. The number of fused-ring (bicyclic) bond motifs is 1. The molecule has 0 aliphatic carbocycles. The predicted octanol–water partition coefficient (Wildman–Crippen LogP) is 8.56. The Morgan fingerprint density at radius 2 is 1.98 bits per heavy atom. The molecule has 1 fully saturated rings. The van der Waals surface area contributed by atoms with Gasteiger partial charge in [-0.05, 0) is 56.8 Å². The number of thiophene rings is 1. The second-order valence-electron chi connectivity index (χ2n) is 10.6. The highest BCUT2D eigenvalue weighted by atomic mass is 32.2. The van der Waals surface area contributed by atoms with Crippen molar-refractivity contribution in [1.82, 2.24) is 19.9 Å². The number of aromatic nitrogens is 3. The Hall–Kier alpha value is -3.67. The van der Waals surface area contributed by atoms with Crippen LogP contribution in [0.5, 0.6) is 11.5 Å². The summed E-state index contributed by atoms with van der Waals surface area (Å²) in [5, 5.41) is 8.19. The van der Waals surface area contributed by atoms with Crippen LogP contribution in [0.2, 0.25) is 0 Å². The van der Waals surface area contributed by atoms with E-state index in [9.17, 15) is 4.79 Å². The zero-order valence-electron chi connectivity index (χ0n) is 22.9. The number of anilines is 2. The molecule has 6 rings (SSSR count). The maximum Gasteiger partial charge on any atom is 0.410 e. The maximum atomic E-state index is 12.5. The number of carbonyl (C=O) groups is 1. The number of pyridine rings is 2. The molecule has 1 saturated heterocycles. The van der Waals surface area contributed by atoms with Crippen molar-refractivity contribution in [2.75, 3.05) is 18.4 Å². The number of hydrogen-bond acceptors (Lipinski definition) is 10. The average molecular weight is 604 g/mol. The first kappa shape index (κ1) is 27.5. The number of carbonyl (C=O) groups excluding carboxylic acids is 1. The van der Waals surface area contributed by atoms with Crippen LogP contribution in [0.15, 0.2) is 81.5 Å². The summed E-state index contributed by atoms with van der Waals surface area (Å²) in [4.78, 5) is 30.4. The predicted molar refractivity (Wildman–Crippen MR) is 165 cm³/mol. The smallest absolute Gasteiger partial charge is 0.410 e. The zero-order chi connectivity index (χ0) is 28.4. The zero-order valence-corrected chi connectivity index (χ0v) is 25.3. The number of benzene rings is 1. The molecule has 5 aromatic rings. The molecule has 0 spiro atoms. The topological polar surface area (TPSA) is 89.5 Å². The molecule has 41 heavy (non-hydrogen) atoms. The molecule has 11 heteroatoms. The van der Waals surface area contributed by atoms with Crippen molar-refractivity contribution < 1.29 is 14.3 Å². The third-order valence-electron chi connectivity index (χ3n) is 6.34. The van der Waals surface area contributed by atoms with Crippen molar-refractivity contribution in [3.05, 3.63) is 77.4 Å². The monoisotopic (exact) mass is 603 g/mol. The number of hydrogen-bond donors (Lipinski definition) is 1. The fourth-order valence-electron chi connectivity index (χ4n) is 4.45. The van der Waals surface area contributed by atoms with Crippen LogP contribution in [-0.2, 0) is 4.74 Å². The minimum atomic E-state index is -0.512. The van der Waals surface area contributed by atoms with E-state index in [4.69, 9.17) is 19.4 Å². The van der Waals surface area contributed by atoms with Gasteiger partial charge >= 0.3 is 6.09 Å². The molecule has 8 nitrogen and oxygen atoms in total. The van der Waals surface area contributed by atoms with Gasteiger partial charge in [0, 0.05) is 52.6 Å². The Balaban J connectivity index is 1.20. The van der Waals surface area contributed by atoms with Crippen LogP contribution in [0.3, 0.4) is 0 Å². The van der Waals surface area contributed by atoms with Gasteiger partial charge in [0.25, 0.3) is 0 Å². The van der Waals surface area contributed by atoms with Gasteiger partial charge in [-0.1, -0.05) is 30.0 Å². The SMILES string of the molecule is CC(C)(C)OC(=O)N1CCC(c2csc(Nc3ncc(Sc4ccnc5ccsc45)cc3Oc3ccccc3)n2)C1. The third kappa shape index (κ3) is 6.64. The number of ether oxygens (including phenoxy) is 2. The van der Waals surface area contributed by atoms with E-state index in [1.807, 2.05) is 87.1 Å². The number of likely N-dealkylation sites (tertiary alicyclic amines) is 1. The normalized spacial score (nSPS) is 15.3. The summed E-state index contributed by atoms with van der Waals surface area (Å²) in [5.74, 6) is 2.07. The molecular formula is C30H29N5O3S3. The number of rotatable bonds is 7. The van der Waals surface area contributed by atoms with Crippen LogP contribution >= 0.6 is 34.4 Å². The lowest BCUT2D eigenvalue weighted by atomic mass is 10.1. The van der Waals surface area contributed by atoms with Gasteiger partial charge in [-0.15, -0.1) is 22.7 Å². The highest BCUT2D eigenvalue weighted by Crippen LogP contribution is 2.40. The first-order chi connectivity index (χ1) is 19.8. The molecule has 1 unspecified atom stereocenters. The Morgan fingerprint density at radius 3 is 2.80 bits per heavy atom. The van der Waals surface area contributed by atoms with Gasteiger partial charge in [-0.25, -0.2) is 14.8 Å². The van der Waals surface area contributed by atoms with E-state index in [-0.39, 0.29) is 12.0 Å². The Bertz CT molecular complexity index is 1660. The van der Waals surface area contributed by atoms with Crippen LogP contribution in [0.4, 0.5) is 15.7 Å². The number of nitrogens with one attached hydrogen (secondary N) is 1. The molecule has 1 aliphatic rings. The number of amides is 1. The second kappa shape index (κ2) is 11.7. The van der Waals surface area contributed by atoms with Gasteiger partial charge in [-0.2, -0.15) is 0 Å². The van der Waals surface area contributed by atoms with E-state index in [1.165, 1.54) is 11.3 Å². The summed E-state index contributed by atoms with van der Waals surface area (Å²) in [5.41, 5.74) is 1.43. The lowest BCUT2D eigenvalue weighted by molar-refractivity contribution is 0.0292. The summed E-state index contributed by atoms with van der Waals surface area (Å²) in [6.45, 7) is 6.90. The summed E-state index contributed by atoms with van der Waals surface area (Å²) in [7, 11) is 0. The molecule has 5 heterocycles. The van der Waals surface area contributed by atoms with Crippen molar-refractivity contribution in [2.24, 2.45) is 0 Å². The summed E-state index contributed by atoms with van der Waals surface area (Å²) < 4.78 is 13.0. The highest BCUT2D eigenvalue weighted by Gasteiger charge is 2.31. The molecule has 210 valence electrons. The van der Waals surface area contributed by atoms with Gasteiger partial charge < -0.3 is 19.7 Å². The number of para-hydroxylation sites is 1. The van der Waals surface area contributed by atoms with E-state index >= 15 is 0 Å². The molecule has 1 aromatic carbocycles. The van der Waals surface area contributed by atoms with Crippen LogP contribution in [0, 0.1) is 0 Å². The first-order valence-corrected chi connectivity index (χ1v) is 15.8. The van der Waals surface area contributed by atoms with Gasteiger partial charge in [0.05, 0.1) is 15.9 Å². The molecule has 1 aliphatic heterocycles. The molecule has 0 radical (unpaired) electrons. The Labute approximate surface area is 250 Å². The summed E-state index contributed by atoms with van der Waals surface area (Å²) in [6.07, 6.45) is 4.25. The fourth-order valence-corrected chi connectivity index (χ4v) is 7.12. The molecule has 0 saturated carbocycles. The maximum absolute atomic E-state index is 12.5. The first-order valence-electron chi connectivity index (χ1n) is 13.2. The van der Waals surface area contributed by atoms with E-state index in [0.717, 1.165) is 43.0 Å². The minimum absolute atomic E-state index is 0.163. The molecule has 1 atom stereocenters. The Kier molecular flexibility index (Phi) is 7.83. The molecule has 1 amide bonds. The van der Waals surface area contributed by atoms with Crippen LogP contribution in [0.25, 0.3) is 10.2 Å². The lowest BCUT2D eigenvalue weighted by Gasteiger charge is -2.24. The van der Waals surface area contributed by atoms with Crippen LogP contribution in [-0.4, -0.2) is 44.6 Å². The fraction of sp³-hybridized carbons (Fsp3) is 0.267. The van der Waals surface area contributed by atoms with Gasteiger partial charge in [0.15, 0.2) is 16.7 Å². The van der Waals surface area contributed by atoms with E-state index in [0.29, 0.717) is 24.7 Å². The minimum Gasteiger partial charge on any atom is -0.453 e. The largest absolute Gasteiger partial charge is 0.453 e. The average Bonchev–Trinajstić information content (AvgIpc) is 3.71. The van der Waals surface area contributed by atoms with Crippen LogP contribution < -0.4 is 10.1 Å². The molecule has 0 bridgehead atoms. The van der Waals surface area contributed by atoms with Gasteiger partial charge in [0.1, 0.15) is 11.4 Å². The quantitative estimate of drug-likeness (QED) is 0.198. The van der Waals surface area contributed by atoms with Crippen molar-refractivity contribution in [2.45, 2.75) is 48.5 Å². The number of thiazole rings is 1. The summed E-state index contributed by atoms with van der Waals surface area (Å²) >= 11 is 4.82. The van der Waals surface area contributed by atoms with Crippen LogP contribution in [0.1, 0.15) is 38.8 Å². The molecular weight excluding hydrogens is 575 g/mol. The van der Waals surface area contributed by atoms with E-state index < -0.39 is 5.60 Å². The lowest BCUT2D eigenvalue weighted by Crippen LogP contribution is -2.35. The van der Waals surface area contributed by atoms with Crippen molar-refractivity contribution >= 4 is 61.7 Å².